The fourth-order valence-electron chi connectivity index (χ4n) is 2.08. The summed E-state index contributed by atoms with van der Waals surface area (Å²) < 4.78 is 28.5. The summed E-state index contributed by atoms with van der Waals surface area (Å²) in [5.74, 6) is -0.277. The van der Waals surface area contributed by atoms with Crippen molar-refractivity contribution < 1.29 is 8.78 Å². The van der Waals surface area contributed by atoms with Crippen LogP contribution in [0.4, 0.5) is 8.78 Å². The van der Waals surface area contributed by atoms with Crippen molar-refractivity contribution in [2.75, 3.05) is 0 Å². The van der Waals surface area contributed by atoms with Crippen LogP contribution in [-0.4, -0.2) is 16.0 Å². The summed E-state index contributed by atoms with van der Waals surface area (Å²) in [6.07, 6.45) is -0.467. The molecule has 0 aliphatic carbocycles. The first-order valence-electron chi connectivity index (χ1n) is 5.30. The van der Waals surface area contributed by atoms with E-state index < -0.39 is 6.17 Å². The van der Waals surface area contributed by atoms with Crippen LogP contribution in [0.1, 0.15) is 5.69 Å². The van der Waals surface area contributed by atoms with E-state index in [4.69, 9.17) is 0 Å². The van der Waals surface area contributed by atoms with Crippen molar-refractivity contribution in [3.05, 3.63) is 40.2 Å². The van der Waals surface area contributed by atoms with Crippen molar-refractivity contribution in [3.63, 3.8) is 0 Å². The highest BCUT2D eigenvalue weighted by Gasteiger charge is 2.27. The number of fused-ring (bicyclic) bond motifs is 1. The Labute approximate surface area is 105 Å². The Kier molecular flexibility index (Phi) is 2.50. The molecule has 1 aromatic heterocycles. The molecule has 0 saturated heterocycles. The number of rotatable bonds is 1. The van der Waals surface area contributed by atoms with E-state index in [1.165, 1.54) is 12.1 Å². The Morgan fingerprint density at radius 3 is 2.65 bits per heavy atom. The number of nitrogens with zero attached hydrogens (tertiary/aromatic N) is 2. The maximum atomic E-state index is 13.2. The molecule has 0 saturated carbocycles. The molecule has 1 aliphatic heterocycles. The molecule has 1 atom stereocenters. The Morgan fingerprint density at radius 1 is 1.29 bits per heavy atom. The normalized spacial score (nSPS) is 18.4. The van der Waals surface area contributed by atoms with E-state index in [0.717, 1.165) is 21.4 Å². The van der Waals surface area contributed by atoms with E-state index in [2.05, 4.69) is 21.0 Å². The van der Waals surface area contributed by atoms with Crippen molar-refractivity contribution in [1.82, 2.24) is 9.78 Å². The first kappa shape index (κ1) is 10.9. The van der Waals surface area contributed by atoms with Gasteiger partial charge in [-0.2, -0.15) is 5.10 Å². The molecule has 3 rings (SSSR count). The van der Waals surface area contributed by atoms with E-state index in [1.807, 2.05) is 0 Å². The van der Waals surface area contributed by atoms with Gasteiger partial charge in [0.05, 0.1) is 16.7 Å². The summed E-state index contributed by atoms with van der Waals surface area (Å²) in [6, 6.07) is 6.13. The molecule has 5 heteroatoms. The molecule has 88 valence electrons. The molecule has 1 aliphatic rings. The standard InChI is InChI=1S/C12H9BrF2N2/c13-11-10-5-9(15)6-17(10)16-12(11)7-1-3-8(14)4-2-7/h1-4,9H,5-6H2/t9-/m1/s1. The molecule has 0 amide bonds. The number of aromatic nitrogens is 2. The van der Waals surface area contributed by atoms with Gasteiger partial charge < -0.3 is 0 Å². The number of alkyl halides is 1. The number of halogens is 3. The van der Waals surface area contributed by atoms with Gasteiger partial charge in [-0.3, -0.25) is 4.68 Å². The smallest absolute Gasteiger partial charge is 0.125 e. The van der Waals surface area contributed by atoms with Crippen LogP contribution in [0, 0.1) is 5.82 Å². The topological polar surface area (TPSA) is 17.8 Å². The first-order valence-corrected chi connectivity index (χ1v) is 6.09. The van der Waals surface area contributed by atoms with Crippen LogP contribution in [0.5, 0.6) is 0 Å². The zero-order valence-corrected chi connectivity index (χ0v) is 10.4. The highest BCUT2D eigenvalue weighted by atomic mass is 79.9. The molecule has 0 bridgehead atoms. The van der Waals surface area contributed by atoms with Crippen molar-refractivity contribution in [3.8, 4) is 11.3 Å². The maximum Gasteiger partial charge on any atom is 0.125 e. The van der Waals surface area contributed by atoms with Crippen LogP contribution >= 0.6 is 15.9 Å². The molecule has 0 N–H and O–H groups in total. The largest absolute Gasteiger partial charge is 0.265 e. The lowest BCUT2D eigenvalue weighted by atomic mass is 10.1. The minimum atomic E-state index is -0.851. The lowest BCUT2D eigenvalue weighted by Gasteiger charge is -2.00. The maximum absolute atomic E-state index is 13.2. The van der Waals surface area contributed by atoms with E-state index in [0.29, 0.717) is 13.0 Å². The Balaban J connectivity index is 2.06. The molecule has 0 spiro atoms. The summed E-state index contributed by atoms with van der Waals surface area (Å²) in [5.41, 5.74) is 2.44. The average molecular weight is 299 g/mol. The minimum absolute atomic E-state index is 0.277. The Morgan fingerprint density at radius 2 is 2.00 bits per heavy atom. The van der Waals surface area contributed by atoms with Crippen LogP contribution in [0.25, 0.3) is 11.3 Å². The van der Waals surface area contributed by atoms with Gasteiger partial charge in [0.15, 0.2) is 0 Å². The zero-order valence-electron chi connectivity index (χ0n) is 8.83. The van der Waals surface area contributed by atoms with Gasteiger partial charge in [-0.05, 0) is 40.2 Å². The third-order valence-corrected chi connectivity index (χ3v) is 3.73. The van der Waals surface area contributed by atoms with Crippen molar-refractivity contribution in [1.29, 1.82) is 0 Å². The molecule has 2 heterocycles. The minimum Gasteiger partial charge on any atom is -0.265 e. The van der Waals surface area contributed by atoms with Gasteiger partial charge in [-0.1, -0.05) is 0 Å². The predicted octanol–water partition coefficient (Wildman–Crippen LogP) is 3.35. The first-order chi connectivity index (χ1) is 8.15. The third kappa shape index (κ3) is 1.78. The molecular formula is C12H9BrF2N2. The third-order valence-electron chi connectivity index (χ3n) is 2.90. The molecule has 2 nitrogen and oxygen atoms in total. The summed E-state index contributed by atoms with van der Waals surface area (Å²) in [5, 5.41) is 4.35. The highest BCUT2D eigenvalue weighted by molar-refractivity contribution is 9.10. The SMILES string of the molecule is Fc1ccc(-c2nn3c(c2Br)C[C@@H](F)C3)cc1. The quantitative estimate of drug-likeness (QED) is 0.789. The fraction of sp³-hybridized carbons (Fsp3) is 0.250. The van der Waals surface area contributed by atoms with Gasteiger partial charge in [-0.25, -0.2) is 8.78 Å². The lowest BCUT2D eigenvalue weighted by Crippen LogP contribution is -2.03. The number of hydrogen-bond acceptors (Lipinski definition) is 1. The molecular weight excluding hydrogens is 290 g/mol. The molecule has 17 heavy (non-hydrogen) atoms. The van der Waals surface area contributed by atoms with Crippen molar-refractivity contribution in [2.24, 2.45) is 0 Å². The van der Waals surface area contributed by atoms with Crippen LogP contribution in [0.15, 0.2) is 28.7 Å². The van der Waals surface area contributed by atoms with E-state index in [9.17, 15) is 8.78 Å². The van der Waals surface area contributed by atoms with Gasteiger partial charge in [0.25, 0.3) is 0 Å². The van der Waals surface area contributed by atoms with Gasteiger partial charge >= 0.3 is 0 Å². The molecule has 2 aromatic rings. The molecule has 0 fully saturated rings. The van der Waals surface area contributed by atoms with Gasteiger partial charge in [0.1, 0.15) is 17.7 Å². The second kappa shape index (κ2) is 3.91. The monoisotopic (exact) mass is 298 g/mol. The zero-order chi connectivity index (χ0) is 12.0. The van der Waals surface area contributed by atoms with E-state index in [-0.39, 0.29) is 5.82 Å². The summed E-state index contributed by atoms with van der Waals surface area (Å²) in [6.45, 7) is 0.301. The van der Waals surface area contributed by atoms with Crippen molar-refractivity contribution in [2.45, 2.75) is 19.1 Å². The predicted molar refractivity (Wildman–Crippen MR) is 63.9 cm³/mol. The second-order valence-electron chi connectivity index (χ2n) is 4.10. The van der Waals surface area contributed by atoms with Crippen LogP contribution in [-0.2, 0) is 13.0 Å². The fourth-order valence-corrected chi connectivity index (χ4v) is 2.75. The van der Waals surface area contributed by atoms with E-state index >= 15 is 0 Å². The van der Waals surface area contributed by atoms with E-state index in [1.54, 1.807) is 16.8 Å². The summed E-state index contributed by atoms with van der Waals surface area (Å²) in [7, 11) is 0. The lowest BCUT2D eigenvalue weighted by molar-refractivity contribution is 0.322. The van der Waals surface area contributed by atoms with Gasteiger partial charge in [0, 0.05) is 12.0 Å². The summed E-state index contributed by atoms with van der Waals surface area (Å²) >= 11 is 3.44. The van der Waals surface area contributed by atoms with Crippen LogP contribution in [0.2, 0.25) is 0 Å². The average Bonchev–Trinajstić information content (AvgIpc) is 2.79. The Hall–Kier alpha value is -1.23. The van der Waals surface area contributed by atoms with Crippen LogP contribution < -0.4 is 0 Å². The highest BCUT2D eigenvalue weighted by Crippen LogP contribution is 2.34. The number of hydrogen-bond donors (Lipinski definition) is 0. The van der Waals surface area contributed by atoms with Gasteiger partial charge in [-0.15, -0.1) is 0 Å². The molecule has 0 radical (unpaired) electrons. The summed E-state index contributed by atoms with van der Waals surface area (Å²) in [4.78, 5) is 0. The second-order valence-corrected chi connectivity index (χ2v) is 4.89. The molecule has 1 aromatic carbocycles. The van der Waals surface area contributed by atoms with Crippen LogP contribution in [0.3, 0.4) is 0 Å². The van der Waals surface area contributed by atoms with Gasteiger partial charge in [0.2, 0.25) is 0 Å². The number of benzene rings is 1. The Bertz CT molecular complexity index is 563. The molecule has 0 unspecified atom stereocenters. The van der Waals surface area contributed by atoms with Crippen molar-refractivity contribution >= 4 is 15.9 Å².